The van der Waals surface area contributed by atoms with E-state index in [0.29, 0.717) is 5.78 Å². The van der Waals surface area contributed by atoms with Gasteiger partial charge in [-0.1, -0.05) is 111 Å². The summed E-state index contributed by atoms with van der Waals surface area (Å²) in [6.45, 7) is 14.8. The van der Waals surface area contributed by atoms with E-state index >= 15 is 0 Å². The number of unbranched alkanes of at least 4 members (excludes halogenated alkanes) is 13. The Kier molecular flexibility index (Phi) is 22.7. The molecular formula is C31H61NO. The third-order valence-electron chi connectivity index (χ3n) is 7.25. The number of Topliss-reactive ketones (excluding diaryl/α,β-unsaturated/α-hetero) is 1. The maximum atomic E-state index is 12.1. The van der Waals surface area contributed by atoms with Gasteiger partial charge in [0.15, 0.2) is 0 Å². The van der Waals surface area contributed by atoms with E-state index in [0.717, 1.165) is 32.2 Å². The van der Waals surface area contributed by atoms with Gasteiger partial charge in [0.05, 0.1) is 0 Å². The van der Waals surface area contributed by atoms with Gasteiger partial charge in [-0.05, 0) is 70.0 Å². The van der Waals surface area contributed by atoms with E-state index in [9.17, 15) is 4.79 Å². The Morgan fingerprint density at radius 3 is 1.67 bits per heavy atom. The predicted octanol–water partition coefficient (Wildman–Crippen LogP) is 9.91. The summed E-state index contributed by atoms with van der Waals surface area (Å²) in [4.78, 5) is 14.7. The van der Waals surface area contributed by atoms with E-state index in [2.05, 4.69) is 51.7 Å². The van der Waals surface area contributed by atoms with Crippen LogP contribution in [0.2, 0.25) is 0 Å². The van der Waals surface area contributed by atoms with Crippen molar-refractivity contribution in [1.29, 1.82) is 0 Å². The number of hydrogen-bond acceptors (Lipinski definition) is 2. The first kappa shape index (κ1) is 32.4. The summed E-state index contributed by atoms with van der Waals surface area (Å²) < 4.78 is 0. The molecule has 0 atom stereocenters. The van der Waals surface area contributed by atoms with Crippen LogP contribution in [0, 0.1) is 5.41 Å². The second-order valence-electron chi connectivity index (χ2n) is 11.1. The highest BCUT2D eigenvalue weighted by Gasteiger charge is 2.19. The van der Waals surface area contributed by atoms with Gasteiger partial charge in [-0.3, -0.25) is 4.79 Å². The zero-order chi connectivity index (χ0) is 24.6. The topological polar surface area (TPSA) is 20.3 Å². The lowest BCUT2D eigenvalue weighted by Crippen LogP contribution is -2.25. The monoisotopic (exact) mass is 463 g/mol. The SMILES string of the molecule is CCCCCCC/C=C/CCCCCCCCN(CC)CCCCCC(=O)CC(C)(C)CC. The molecule has 0 N–H and O–H groups in total. The Hall–Kier alpha value is -0.630. The first-order chi connectivity index (χ1) is 15.9. The fourth-order valence-electron chi connectivity index (χ4n) is 4.42. The van der Waals surface area contributed by atoms with E-state index in [4.69, 9.17) is 0 Å². The van der Waals surface area contributed by atoms with Gasteiger partial charge in [-0.25, -0.2) is 0 Å². The molecule has 0 heterocycles. The molecule has 0 amide bonds. The number of carbonyl (C=O) groups excluding carboxylic acids is 1. The summed E-state index contributed by atoms with van der Waals surface area (Å²) in [5.41, 5.74) is 0.181. The van der Waals surface area contributed by atoms with E-state index in [-0.39, 0.29) is 5.41 Å². The standard InChI is InChI=1S/C31H61NO/c1-6-9-10-11-12-13-14-15-16-17-18-19-20-21-24-27-32(8-3)28-25-22-23-26-30(33)29-31(4,5)7-2/h14-15H,6-13,16-29H2,1-5H3/b15-14+. The third kappa shape index (κ3) is 22.9. The molecule has 0 aliphatic heterocycles. The average Bonchev–Trinajstić information content (AvgIpc) is 2.79. The van der Waals surface area contributed by atoms with Crippen LogP contribution in [0.4, 0.5) is 0 Å². The van der Waals surface area contributed by atoms with E-state index < -0.39 is 0 Å². The van der Waals surface area contributed by atoms with Crippen molar-refractivity contribution in [2.45, 2.75) is 157 Å². The molecule has 196 valence electrons. The van der Waals surface area contributed by atoms with Crippen molar-refractivity contribution in [3.8, 4) is 0 Å². The summed E-state index contributed by atoms with van der Waals surface area (Å²) in [6.07, 6.45) is 28.8. The molecule has 0 aliphatic carbocycles. The average molecular weight is 464 g/mol. The van der Waals surface area contributed by atoms with Crippen molar-refractivity contribution >= 4 is 5.78 Å². The molecule has 33 heavy (non-hydrogen) atoms. The highest BCUT2D eigenvalue weighted by molar-refractivity contribution is 5.78. The Morgan fingerprint density at radius 2 is 1.15 bits per heavy atom. The maximum absolute atomic E-state index is 12.1. The molecular weight excluding hydrogens is 402 g/mol. The number of nitrogens with zero attached hydrogens (tertiary/aromatic N) is 1. The smallest absolute Gasteiger partial charge is 0.133 e. The molecule has 0 rings (SSSR count). The Bertz CT molecular complexity index is 454. The first-order valence-electron chi connectivity index (χ1n) is 14.8. The first-order valence-corrected chi connectivity index (χ1v) is 14.8. The molecule has 0 aliphatic rings. The molecule has 2 nitrogen and oxygen atoms in total. The highest BCUT2D eigenvalue weighted by Crippen LogP contribution is 2.25. The lowest BCUT2D eigenvalue weighted by Gasteiger charge is -2.21. The molecule has 2 heteroatoms. The molecule has 0 bridgehead atoms. The van der Waals surface area contributed by atoms with Gasteiger partial charge in [-0.15, -0.1) is 0 Å². The quantitative estimate of drug-likeness (QED) is 0.0991. The second kappa shape index (κ2) is 23.1. The molecule has 0 aromatic heterocycles. The molecule has 0 aromatic rings. The molecule has 0 saturated heterocycles. The minimum atomic E-state index is 0.181. The van der Waals surface area contributed by atoms with Crippen LogP contribution in [0.3, 0.4) is 0 Å². The second-order valence-corrected chi connectivity index (χ2v) is 11.1. The number of ketones is 1. The van der Waals surface area contributed by atoms with E-state index in [1.807, 2.05) is 0 Å². The molecule has 0 aromatic carbocycles. The minimum Gasteiger partial charge on any atom is -0.304 e. The molecule has 0 spiro atoms. The van der Waals surface area contributed by atoms with Crippen LogP contribution in [0.15, 0.2) is 12.2 Å². The van der Waals surface area contributed by atoms with Gasteiger partial charge < -0.3 is 4.90 Å². The van der Waals surface area contributed by atoms with Crippen LogP contribution in [0.5, 0.6) is 0 Å². The largest absolute Gasteiger partial charge is 0.304 e. The number of hydrogen-bond donors (Lipinski definition) is 0. The fourth-order valence-corrected chi connectivity index (χ4v) is 4.42. The Balaban J connectivity index is 3.49. The Labute approximate surface area is 209 Å². The molecule has 0 fully saturated rings. The van der Waals surface area contributed by atoms with Crippen LogP contribution in [0.1, 0.15) is 157 Å². The van der Waals surface area contributed by atoms with Crippen molar-refractivity contribution in [2.24, 2.45) is 5.41 Å². The highest BCUT2D eigenvalue weighted by atomic mass is 16.1. The lowest BCUT2D eigenvalue weighted by molar-refractivity contribution is -0.121. The van der Waals surface area contributed by atoms with E-state index in [1.165, 1.54) is 109 Å². The van der Waals surface area contributed by atoms with Gasteiger partial charge in [0.25, 0.3) is 0 Å². The van der Waals surface area contributed by atoms with E-state index in [1.54, 1.807) is 0 Å². The van der Waals surface area contributed by atoms with Crippen molar-refractivity contribution in [3.63, 3.8) is 0 Å². The summed E-state index contributed by atoms with van der Waals surface area (Å²) in [5, 5.41) is 0. The van der Waals surface area contributed by atoms with Crippen LogP contribution < -0.4 is 0 Å². The summed E-state index contributed by atoms with van der Waals surface area (Å²) in [6, 6.07) is 0. The zero-order valence-corrected chi connectivity index (χ0v) is 23.6. The van der Waals surface area contributed by atoms with Crippen molar-refractivity contribution < 1.29 is 4.79 Å². The number of allylic oxidation sites excluding steroid dienone is 2. The van der Waals surface area contributed by atoms with Crippen molar-refractivity contribution in [1.82, 2.24) is 4.90 Å². The summed E-state index contributed by atoms with van der Waals surface area (Å²) in [7, 11) is 0. The van der Waals surface area contributed by atoms with Gasteiger partial charge in [-0.2, -0.15) is 0 Å². The molecule has 0 unspecified atom stereocenters. The normalized spacial score (nSPS) is 12.3. The van der Waals surface area contributed by atoms with Crippen molar-refractivity contribution in [2.75, 3.05) is 19.6 Å². The number of carbonyl (C=O) groups is 1. The van der Waals surface area contributed by atoms with Gasteiger partial charge in [0, 0.05) is 12.8 Å². The van der Waals surface area contributed by atoms with Gasteiger partial charge in [0.2, 0.25) is 0 Å². The van der Waals surface area contributed by atoms with Gasteiger partial charge >= 0.3 is 0 Å². The molecule has 0 saturated carbocycles. The Morgan fingerprint density at radius 1 is 0.667 bits per heavy atom. The van der Waals surface area contributed by atoms with Crippen LogP contribution in [0.25, 0.3) is 0 Å². The summed E-state index contributed by atoms with van der Waals surface area (Å²) in [5.74, 6) is 0.461. The maximum Gasteiger partial charge on any atom is 0.133 e. The predicted molar refractivity (Wildman–Crippen MR) is 149 cm³/mol. The zero-order valence-electron chi connectivity index (χ0n) is 23.6. The van der Waals surface area contributed by atoms with Gasteiger partial charge in [0.1, 0.15) is 5.78 Å². The lowest BCUT2D eigenvalue weighted by atomic mass is 9.84. The van der Waals surface area contributed by atoms with Crippen LogP contribution >= 0.6 is 0 Å². The minimum absolute atomic E-state index is 0.181. The molecule has 0 radical (unpaired) electrons. The van der Waals surface area contributed by atoms with Crippen LogP contribution in [-0.4, -0.2) is 30.3 Å². The van der Waals surface area contributed by atoms with Crippen LogP contribution in [-0.2, 0) is 4.79 Å². The fraction of sp³-hybridized carbons (Fsp3) is 0.903. The summed E-state index contributed by atoms with van der Waals surface area (Å²) >= 11 is 0. The third-order valence-corrected chi connectivity index (χ3v) is 7.25. The number of rotatable bonds is 25. The van der Waals surface area contributed by atoms with Crippen molar-refractivity contribution in [3.05, 3.63) is 12.2 Å².